The van der Waals surface area contributed by atoms with Gasteiger partial charge >= 0.3 is 0 Å². The first-order valence-electron chi connectivity index (χ1n) is 11.1. The van der Waals surface area contributed by atoms with Crippen molar-refractivity contribution in [1.29, 1.82) is 0 Å². The molecule has 0 saturated carbocycles. The smallest absolute Gasteiger partial charge is 0.237 e. The molecule has 1 aromatic heterocycles. The van der Waals surface area contributed by atoms with E-state index in [0.717, 1.165) is 29.6 Å². The van der Waals surface area contributed by atoms with Gasteiger partial charge in [-0.2, -0.15) is 0 Å². The Morgan fingerprint density at radius 2 is 1.72 bits per heavy atom. The first-order chi connectivity index (χ1) is 17.4. The molecule has 7 nitrogen and oxygen atoms in total. The van der Waals surface area contributed by atoms with Gasteiger partial charge in [-0.15, -0.1) is 10.2 Å². The SMILES string of the molecule is COc1cccc(OC(C)c2nnc(SC(C)C(=O)Nc3ccc(F)cc3F)n2-c2ccccc2)c1. The van der Waals surface area contributed by atoms with Crippen LogP contribution in [0, 0.1) is 11.6 Å². The van der Waals surface area contributed by atoms with E-state index in [1.165, 1.54) is 6.07 Å². The minimum Gasteiger partial charge on any atom is -0.497 e. The average Bonchev–Trinajstić information content (AvgIpc) is 3.30. The van der Waals surface area contributed by atoms with Crippen LogP contribution >= 0.6 is 11.8 Å². The van der Waals surface area contributed by atoms with Crippen molar-refractivity contribution in [3.63, 3.8) is 0 Å². The summed E-state index contributed by atoms with van der Waals surface area (Å²) in [7, 11) is 1.58. The molecule has 2 unspecified atom stereocenters. The number of rotatable bonds is 9. The van der Waals surface area contributed by atoms with E-state index in [1.807, 2.05) is 60.0 Å². The maximum absolute atomic E-state index is 14.0. The van der Waals surface area contributed by atoms with Gasteiger partial charge in [0.2, 0.25) is 5.91 Å². The summed E-state index contributed by atoms with van der Waals surface area (Å²) in [5.41, 5.74) is 0.692. The normalized spacial score (nSPS) is 12.6. The van der Waals surface area contributed by atoms with Crippen molar-refractivity contribution < 1.29 is 23.0 Å². The molecule has 0 radical (unpaired) electrons. The molecule has 2 atom stereocenters. The van der Waals surface area contributed by atoms with Crippen LogP contribution in [0.2, 0.25) is 0 Å². The van der Waals surface area contributed by atoms with Crippen molar-refractivity contribution in [1.82, 2.24) is 14.8 Å². The Morgan fingerprint density at radius 3 is 2.44 bits per heavy atom. The Bertz CT molecular complexity index is 1350. The minimum atomic E-state index is -0.848. The topological polar surface area (TPSA) is 78.3 Å². The molecule has 0 bridgehead atoms. The van der Waals surface area contributed by atoms with E-state index in [2.05, 4.69) is 15.5 Å². The van der Waals surface area contributed by atoms with Gasteiger partial charge in [-0.25, -0.2) is 8.78 Å². The highest BCUT2D eigenvalue weighted by molar-refractivity contribution is 8.00. The molecule has 186 valence electrons. The molecular formula is C26H24F2N4O3S. The number of hydrogen-bond donors (Lipinski definition) is 1. The number of ether oxygens (including phenoxy) is 2. The molecule has 0 spiro atoms. The number of aromatic nitrogens is 3. The molecule has 0 saturated heterocycles. The lowest BCUT2D eigenvalue weighted by molar-refractivity contribution is -0.115. The van der Waals surface area contributed by atoms with Crippen molar-refractivity contribution >= 4 is 23.4 Å². The van der Waals surface area contributed by atoms with Crippen molar-refractivity contribution in [2.24, 2.45) is 0 Å². The van der Waals surface area contributed by atoms with Gasteiger partial charge in [0, 0.05) is 17.8 Å². The molecule has 1 heterocycles. The van der Waals surface area contributed by atoms with Crippen molar-refractivity contribution in [2.45, 2.75) is 30.4 Å². The average molecular weight is 511 g/mol. The summed E-state index contributed by atoms with van der Waals surface area (Å²) in [4.78, 5) is 12.8. The van der Waals surface area contributed by atoms with E-state index >= 15 is 0 Å². The molecule has 0 fully saturated rings. The molecule has 36 heavy (non-hydrogen) atoms. The van der Waals surface area contributed by atoms with Gasteiger partial charge in [-0.05, 0) is 50.2 Å². The van der Waals surface area contributed by atoms with Gasteiger partial charge in [0.15, 0.2) is 17.1 Å². The maximum Gasteiger partial charge on any atom is 0.237 e. The number of halogens is 2. The number of methoxy groups -OCH3 is 1. The molecule has 0 aliphatic heterocycles. The number of para-hydroxylation sites is 1. The second-order valence-electron chi connectivity index (χ2n) is 7.82. The molecule has 0 aliphatic carbocycles. The first kappa shape index (κ1) is 25.2. The molecular weight excluding hydrogens is 486 g/mol. The highest BCUT2D eigenvalue weighted by atomic mass is 32.2. The lowest BCUT2D eigenvalue weighted by Crippen LogP contribution is -2.23. The molecule has 4 rings (SSSR count). The third-order valence-electron chi connectivity index (χ3n) is 5.23. The number of amides is 1. The summed E-state index contributed by atoms with van der Waals surface area (Å²) in [5, 5.41) is 11.0. The van der Waals surface area contributed by atoms with Gasteiger partial charge in [-0.1, -0.05) is 36.0 Å². The van der Waals surface area contributed by atoms with Crippen molar-refractivity contribution in [3.8, 4) is 17.2 Å². The number of carbonyl (C=O) groups is 1. The molecule has 4 aromatic rings. The summed E-state index contributed by atoms with van der Waals surface area (Å²) in [6.45, 7) is 3.52. The largest absolute Gasteiger partial charge is 0.497 e. The predicted octanol–water partition coefficient (Wildman–Crippen LogP) is 5.81. The van der Waals surface area contributed by atoms with Gasteiger partial charge < -0.3 is 14.8 Å². The summed E-state index contributed by atoms with van der Waals surface area (Å²) in [6.07, 6.45) is -0.489. The predicted molar refractivity (Wildman–Crippen MR) is 134 cm³/mol. The van der Waals surface area contributed by atoms with Crippen LogP contribution in [0.15, 0.2) is 78.0 Å². The monoisotopic (exact) mass is 510 g/mol. The highest BCUT2D eigenvalue weighted by Crippen LogP contribution is 2.31. The van der Waals surface area contributed by atoms with Crippen molar-refractivity contribution in [2.75, 3.05) is 12.4 Å². The van der Waals surface area contributed by atoms with E-state index in [0.29, 0.717) is 22.5 Å². The van der Waals surface area contributed by atoms with E-state index in [-0.39, 0.29) is 5.69 Å². The van der Waals surface area contributed by atoms with Gasteiger partial charge in [0.05, 0.1) is 18.0 Å². The summed E-state index contributed by atoms with van der Waals surface area (Å²) < 4.78 is 40.4. The third-order valence-corrected chi connectivity index (χ3v) is 6.27. The highest BCUT2D eigenvalue weighted by Gasteiger charge is 2.25. The second kappa shape index (κ2) is 11.2. The number of anilines is 1. The molecule has 1 N–H and O–H groups in total. The van der Waals surface area contributed by atoms with E-state index in [4.69, 9.17) is 9.47 Å². The first-order valence-corrected chi connectivity index (χ1v) is 12.0. The van der Waals surface area contributed by atoms with Gasteiger partial charge in [0.25, 0.3) is 0 Å². The Kier molecular flexibility index (Phi) is 7.84. The maximum atomic E-state index is 14.0. The third kappa shape index (κ3) is 5.83. The number of hydrogen-bond acceptors (Lipinski definition) is 6. The fourth-order valence-corrected chi connectivity index (χ4v) is 4.28. The van der Waals surface area contributed by atoms with Crippen LogP contribution in [0.25, 0.3) is 5.69 Å². The molecule has 0 aliphatic rings. The molecule has 1 amide bonds. The quantitative estimate of drug-likeness (QED) is 0.286. The Balaban J connectivity index is 1.58. The fourth-order valence-electron chi connectivity index (χ4n) is 3.41. The van der Waals surface area contributed by atoms with Crippen LogP contribution in [0.4, 0.5) is 14.5 Å². The van der Waals surface area contributed by atoms with E-state index in [1.54, 1.807) is 20.1 Å². The number of carbonyl (C=O) groups excluding carboxylic acids is 1. The Labute approximate surface area is 211 Å². The lowest BCUT2D eigenvalue weighted by atomic mass is 10.3. The number of thioether (sulfide) groups is 1. The zero-order valence-electron chi connectivity index (χ0n) is 19.8. The van der Waals surface area contributed by atoms with Crippen molar-refractivity contribution in [3.05, 3.63) is 90.3 Å². The van der Waals surface area contributed by atoms with Crippen LogP contribution in [0.5, 0.6) is 11.5 Å². The van der Waals surface area contributed by atoms with Crippen LogP contribution in [0.3, 0.4) is 0 Å². The lowest BCUT2D eigenvalue weighted by Gasteiger charge is -2.18. The van der Waals surface area contributed by atoms with Crippen LogP contribution < -0.4 is 14.8 Å². The van der Waals surface area contributed by atoms with Crippen LogP contribution in [-0.2, 0) is 4.79 Å². The Hall–Kier alpha value is -3.92. The second-order valence-corrected chi connectivity index (χ2v) is 9.13. The minimum absolute atomic E-state index is 0.0978. The van der Waals surface area contributed by atoms with E-state index in [9.17, 15) is 13.6 Å². The molecule has 10 heteroatoms. The standard InChI is InChI=1S/C26H24F2N4O3S/c1-16(35-21-11-7-10-20(15-21)34-3)24-30-31-26(32(24)19-8-5-4-6-9-19)36-17(2)25(33)29-23-13-12-18(27)14-22(23)28/h4-17H,1-3H3,(H,29,33). The summed E-state index contributed by atoms with van der Waals surface area (Å²) in [6, 6.07) is 19.7. The zero-order chi connectivity index (χ0) is 25.7. The summed E-state index contributed by atoms with van der Waals surface area (Å²) in [5.74, 6) is -0.231. The van der Waals surface area contributed by atoms with Crippen LogP contribution in [0.1, 0.15) is 25.8 Å². The Morgan fingerprint density at radius 1 is 0.972 bits per heavy atom. The van der Waals surface area contributed by atoms with E-state index < -0.39 is 28.9 Å². The number of nitrogens with one attached hydrogen (secondary N) is 1. The molecule has 3 aromatic carbocycles. The number of nitrogens with zero attached hydrogens (tertiary/aromatic N) is 3. The summed E-state index contributed by atoms with van der Waals surface area (Å²) >= 11 is 1.16. The number of benzene rings is 3. The fraction of sp³-hybridized carbons (Fsp3) is 0.192. The van der Waals surface area contributed by atoms with Gasteiger partial charge in [0.1, 0.15) is 23.1 Å². The van der Waals surface area contributed by atoms with Crippen LogP contribution in [-0.4, -0.2) is 33.0 Å². The van der Waals surface area contributed by atoms with Gasteiger partial charge in [-0.3, -0.25) is 9.36 Å². The zero-order valence-corrected chi connectivity index (χ0v) is 20.6.